The van der Waals surface area contributed by atoms with Gasteiger partial charge in [-0.15, -0.1) is 0 Å². The first-order valence-corrected chi connectivity index (χ1v) is 8.34. The fourth-order valence-corrected chi connectivity index (χ4v) is 2.86. The molecule has 0 atom stereocenters. The van der Waals surface area contributed by atoms with Crippen LogP contribution in [-0.2, 0) is 11.2 Å². The van der Waals surface area contributed by atoms with Gasteiger partial charge in [-0.3, -0.25) is 4.79 Å². The van der Waals surface area contributed by atoms with E-state index in [0.717, 1.165) is 11.1 Å². The maximum atomic E-state index is 13.9. The van der Waals surface area contributed by atoms with E-state index in [2.05, 4.69) is 5.32 Å². The molecule has 126 valence electrons. The summed E-state index contributed by atoms with van der Waals surface area (Å²) in [6.07, 6.45) is -0.0425. The van der Waals surface area contributed by atoms with E-state index in [9.17, 15) is 9.18 Å². The smallest absolute Gasteiger partial charge is 0.225 e. The molecule has 0 saturated heterocycles. The highest BCUT2D eigenvalue weighted by Crippen LogP contribution is 2.22. The molecule has 0 aliphatic heterocycles. The third-order valence-electron chi connectivity index (χ3n) is 3.94. The molecule has 25 heavy (non-hydrogen) atoms. The molecule has 0 aliphatic rings. The second-order valence-electron chi connectivity index (χ2n) is 5.73. The van der Waals surface area contributed by atoms with Crippen LogP contribution in [0.15, 0.2) is 78.9 Å². The third-order valence-corrected chi connectivity index (χ3v) is 4.17. The van der Waals surface area contributed by atoms with E-state index in [0.29, 0.717) is 10.6 Å². The number of carbonyl (C=O) groups is 1. The second-order valence-corrected chi connectivity index (χ2v) is 6.17. The van der Waals surface area contributed by atoms with E-state index < -0.39 is 5.82 Å². The van der Waals surface area contributed by atoms with Gasteiger partial charge in [0.2, 0.25) is 5.91 Å². The first-order chi connectivity index (χ1) is 12.1. The highest BCUT2D eigenvalue weighted by atomic mass is 35.5. The van der Waals surface area contributed by atoms with Crippen molar-refractivity contribution in [2.75, 3.05) is 0 Å². The molecule has 4 heteroatoms. The SMILES string of the molecule is O=C(Cc1ccc(Cl)cc1F)NC(c1ccccc1)c1ccccc1. The number of nitrogens with one attached hydrogen (secondary N) is 1. The average Bonchev–Trinajstić information content (AvgIpc) is 2.63. The number of hydrogen-bond acceptors (Lipinski definition) is 1. The van der Waals surface area contributed by atoms with Gasteiger partial charge >= 0.3 is 0 Å². The average molecular weight is 354 g/mol. The van der Waals surface area contributed by atoms with Crippen molar-refractivity contribution < 1.29 is 9.18 Å². The summed E-state index contributed by atoms with van der Waals surface area (Å²) in [5, 5.41) is 3.31. The first-order valence-electron chi connectivity index (χ1n) is 7.96. The molecule has 0 fully saturated rings. The maximum Gasteiger partial charge on any atom is 0.225 e. The van der Waals surface area contributed by atoms with Crippen molar-refractivity contribution in [3.8, 4) is 0 Å². The van der Waals surface area contributed by atoms with Crippen LogP contribution in [0.25, 0.3) is 0 Å². The fraction of sp³-hybridized carbons (Fsp3) is 0.0952. The summed E-state index contributed by atoms with van der Waals surface area (Å²) in [6.45, 7) is 0. The lowest BCUT2D eigenvalue weighted by Gasteiger charge is -2.20. The molecule has 0 radical (unpaired) electrons. The van der Waals surface area contributed by atoms with E-state index in [4.69, 9.17) is 11.6 Å². The summed E-state index contributed by atoms with van der Waals surface area (Å²) in [4.78, 5) is 12.5. The maximum absolute atomic E-state index is 13.9. The Balaban J connectivity index is 1.82. The summed E-state index contributed by atoms with van der Waals surface area (Å²) in [6, 6.07) is 23.5. The largest absolute Gasteiger partial charge is 0.345 e. The van der Waals surface area contributed by atoms with Crippen molar-refractivity contribution in [2.45, 2.75) is 12.5 Å². The summed E-state index contributed by atoms with van der Waals surface area (Å²) in [5.41, 5.74) is 2.26. The highest BCUT2D eigenvalue weighted by Gasteiger charge is 2.17. The van der Waals surface area contributed by atoms with Gasteiger partial charge in [0.1, 0.15) is 5.82 Å². The first kappa shape index (κ1) is 17.2. The molecule has 0 unspecified atom stereocenters. The Morgan fingerprint density at radius 1 is 0.920 bits per heavy atom. The van der Waals surface area contributed by atoms with Crippen LogP contribution in [0, 0.1) is 5.82 Å². The molecule has 3 aromatic rings. The molecule has 3 rings (SSSR count). The fourth-order valence-electron chi connectivity index (χ4n) is 2.70. The topological polar surface area (TPSA) is 29.1 Å². The van der Waals surface area contributed by atoms with Gasteiger partial charge in [0, 0.05) is 5.02 Å². The molecule has 0 aromatic heterocycles. The lowest BCUT2D eigenvalue weighted by molar-refractivity contribution is -0.121. The predicted molar refractivity (Wildman–Crippen MR) is 98.0 cm³/mol. The van der Waals surface area contributed by atoms with E-state index in [-0.39, 0.29) is 18.4 Å². The quantitative estimate of drug-likeness (QED) is 0.692. The van der Waals surface area contributed by atoms with Crippen molar-refractivity contribution in [3.05, 3.63) is 106 Å². The number of hydrogen-bond donors (Lipinski definition) is 1. The molecule has 0 saturated carbocycles. The van der Waals surface area contributed by atoms with Crippen LogP contribution in [0.1, 0.15) is 22.7 Å². The van der Waals surface area contributed by atoms with Crippen LogP contribution in [0.2, 0.25) is 5.02 Å². The number of amides is 1. The second kappa shape index (κ2) is 7.95. The molecule has 1 amide bonds. The summed E-state index contributed by atoms with van der Waals surface area (Å²) >= 11 is 5.76. The minimum absolute atomic E-state index is 0.0425. The standard InChI is InChI=1S/C21H17ClFNO/c22-18-12-11-17(19(23)14-18)13-20(25)24-21(15-7-3-1-4-8-15)16-9-5-2-6-10-16/h1-12,14,21H,13H2,(H,24,25). The van der Waals surface area contributed by atoms with Crippen molar-refractivity contribution in [1.29, 1.82) is 0 Å². The number of halogens is 2. The van der Waals surface area contributed by atoms with Crippen LogP contribution in [0.4, 0.5) is 4.39 Å². The van der Waals surface area contributed by atoms with Gasteiger partial charge in [-0.05, 0) is 28.8 Å². The normalized spacial score (nSPS) is 10.7. The van der Waals surface area contributed by atoms with Gasteiger partial charge in [-0.2, -0.15) is 0 Å². The van der Waals surface area contributed by atoms with Crippen LogP contribution in [0.5, 0.6) is 0 Å². The van der Waals surface area contributed by atoms with Gasteiger partial charge in [0.15, 0.2) is 0 Å². The zero-order valence-corrected chi connectivity index (χ0v) is 14.2. The summed E-state index contributed by atoms with van der Waals surface area (Å²) < 4.78 is 13.9. The Labute approximate surface area is 151 Å². The van der Waals surface area contributed by atoms with Gasteiger partial charge < -0.3 is 5.32 Å². The Morgan fingerprint density at radius 2 is 1.48 bits per heavy atom. The van der Waals surface area contributed by atoms with Gasteiger partial charge in [-0.1, -0.05) is 78.3 Å². The van der Waals surface area contributed by atoms with Gasteiger partial charge in [0.25, 0.3) is 0 Å². The Morgan fingerprint density at radius 3 is 2.00 bits per heavy atom. The molecule has 0 heterocycles. The number of rotatable bonds is 5. The monoisotopic (exact) mass is 353 g/mol. The molecule has 2 nitrogen and oxygen atoms in total. The van der Waals surface area contributed by atoms with Crippen LogP contribution in [-0.4, -0.2) is 5.91 Å². The number of benzene rings is 3. The minimum Gasteiger partial charge on any atom is -0.345 e. The molecule has 1 N–H and O–H groups in total. The summed E-state index contributed by atoms with van der Waals surface area (Å²) in [5.74, 6) is -0.724. The Kier molecular flexibility index (Phi) is 5.46. The molecular formula is C21H17ClFNO. The number of carbonyl (C=O) groups excluding carboxylic acids is 1. The Bertz CT molecular complexity index is 813. The van der Waals surface area contributed by atoms with Crippen molar-refractivity contribution >= 4 is 17.5 Å². The van der Waals surface area contributed by atoms with Crippen LogP contribution >= 0.6 is 11.6 Å². The van der Waals surface area contributed by atoms with Crippen LogP contribution < -0.4 is 5.32 Å². The summed E-state index contributed by atoms with van der Waals surface area (Å²) in [7, 11) is 0. The third kappa shape index (κ3) is 4.46. The zero-order valence-electron chi connectivity index (χ0n) is 13.5. The van der Waals surface area contributed by atoms with Crippen molar-refractivity contribution in [3.63, 3.8) is 0 Å². The molecule has 3 aromatic carbocycles. The van der Waals surface area contributed by atoms with E-state index in [1.165, 1.54) is 12.1 Å². The molecule has 0 aliphatic carbocycles. The minimum atomic E-state index is -0.473. The van der Waals surface area contributed by atoms with E-state index in [1.54, 1.807) is 6.07 Å². The van der Waals surface area contributed by atoms with Gasteiger partial charge in [0.05, 0.1) is 12.5 Å². The predicted octanol–water partition coefficient (Wildman–Crippen LogP) is 4.93. The lowest BCUT2D eigenvalue weighted by atomic mass is 9.98. The van der Waals surface area contributed by atoms with E-state index in [1.807, 2.05) is 60.7 Å². The molecule has 0 bridgehead atoms. The molecule has 0 spiro atoms. The van der Waals surface area contributed by atoms with E-state index >= 15 is 0 Å². The molecular weight excluding hydrogens is 337 g/mol. The van der Waals surface area contributed by atoms with Crippen LogP contribution in [0.3, 0.4) is 0 Å². The Hall–Kier alpha value is -2.65. The van der Waals surface area contributed by atoms with Gasteiger partial charge in [-0.25, -0.2) is 4.39 Å². The van der Waals surface area contributed by atoms with Crippen molar-refractivity contribution in [1.82, 2.24) is 5.32 Å². The van der Waals surface area contributed by atoms with Crippen molar-refractivity contribution in [2.24, 2.45) is 0 Å². The zero-order chi connectivity index (χ0) is 17.6. The highest BCUT2D eigenvalue weighted by molar-refractivity contribution is 6.30. The lowest BCUT2D eigenvalue weighted by Crippen LogP contribution is -2.30.